The number of rotatable bonds is 9. The smallest absolute Gasteiger partial charge is 0.319 e. The molecule has 130 valence electrons. The number of aliphatic hydroxyl groups excluding tert-OH is 1. The number of anilines is 1. The van der Waals surface area contributed by atoms with E-state index in [0.717, 1.165) is 12.8 Å². The van der Waals surface area contributed by atoms with E-state index in [4.69, 9.17) is 4.74 Å². The van der Waals surface area contributed by atoms with Crippen molar-refractivity contribution in [2.45, 2.75) is 53.1 Å². The molecule has 5 heteroatoms. The fourth-order valence-electron chi connectivity index (χ4n) is 2.54. The molecule has 0 atom stereocenters. The first-order valence-corrected chi connectivity index (χ1v) is 8.37. The standard InChI is InChI=1S/C18H30N2O3/c1-5-18(6-2,11-12-21)13-19-17(22)20-15-9-7-8-10-16(15)23-14(3)4/h7-10,14,21H,5-6,11-13H2,1-4H3,(H2,19,20,22). The molecule has 0 aliphatic heterocycles. The molecule has 0 saturated heterocycles. The third-order valence-electron chi connectivity index (χ3n) is 4.26. The van der Waals surface area contributed by atoms with Gasteiger partial charge in [-0.2, -0.15) is 0 Å². The first-order valence-electron chi connectivity index (χ1n) is 8.37. The maximum Gasteiger partial charge on any atom is 0.319 e. The number of carbonyl (C=O) groups excluding carboxylic acids is 1. The minimum atomic E-state index is -0.256. The fourth-order valence-corrected chi connectivity index (χ4v) is 2.54. The van der Waals surface area contributed by atoms with Crippen LogP contribution in [0.25, 0.3) is 0 Å². The van der Waals surface area contributed by atoms with Gasteiger partial charge in [-0.25, -0.2) is 4.79 Å². The van der Waals surface area contributed by atoms with Gasteiger partial charge in [0.1, 0.15) is 5.75 Å². The van der Waals surface area contributed by atoms with Gasteiger partial charge in [0, 0.05) is 13.2 Å². The summed E-state index contributed by atoms with van der Waals surface area (Å²) in [4.78, 5) is 12.2. The van der Waals surface area contributed by atoms with Crippen molar-refractivity contribution in [1.82, 2.24) is 5.32 Å². The molecule has 0 fully saturated rings. The number of ether oxygens (including phenoxy) is 1. The highest BCUT2D eigenvalue weighted by Gasteiger charge is 2.26. The summed E-state index contributed by atoms with van der Waals surface area (Å²) in [6, 6.07) is 7.13. The molecule has 1 rings (SSSR count). The van der Waals surface area contributed by atoms with Gasteiger partial charge in [-0.1, -0.05) is 26.0 Å². The summed E-state index contributed by atoms with van der Waals surface area (Å²) in [5.41, 5.74) is 0.597. The summed E-state index contributed by atoms with van der Waals surface area (Å²) in [6.07, 6.45) is 2.56. The monoisotopic (exact) mass is 322 g/mol. The van der Waals surface area contributed by atoms with Crippen LogP contribution in [0.4, 0.5) is 10.5 Å². The predicted molar refractivity (Wildman–Crippen MR) is 93.9 cm³/mol. The van der Waals surface area contributed by atoms with Crippen molar-refractivity contribution < 1.29 is 14.6 Å². The molecule has 1 aromatic carbocycles. The quantitative estimate of drug-likeness (QED) is 0.648. The van der Waals surface area contributed by atoms with Crippen LogP contribution in [0.15, 0.2) is 24.3 Å². The Morgan fingerprint density at radius 1 is 1.26 bits per heavy atom. The van der Waals surface area contributed by atoms with E-state index in [1.807, 2.05) is 38.1 Å². The van der Waals surface area contributed by atoms with Gasteiger partial charge in [0.15, 0.2) is 0 Å². The molecule has 0 aliphatic carbocycles. The predicted octanol–water partition coefficient (Wildman–Crippen LogP) is 3.78. The zero-order valence-corrected chi connectivity index (χ0v) is 14.7. The molecule has 0 aromatic heterocycles. The average molecular weight is 322 g/mol. The Morgan fingerprint density at radius 2 is 1.91 bits per heavy atom. The minimum Gasteiger partial charge on any atom is -0.489 e. The van der Waals surface area contributed by atoms with Crippen LogP contribution in [0.2, 0.25) is 0 Å². The summed E-state index contributed by atoms with van der Waals surface area (Å²) in [7, 11) is 0. The lowest BCUT2D eigenvalue weighted by atomic mass is 9.79. The molecule has 23 heavy (non-hydrogen) atoms. The Hall–Kier alpha value is -1.75. The molecule has 0 unspecified atom stereocenters. The van der Waals surface area contributed by atoms with Gasteiger partial charge in [-0.05, 0) is 50.7 Å². The first-order chi connectivity index (χ1) is 11.0. The largest absolute Gasteiger partial charge is 0.489 e. The second-order valence-electron chi connectivity index (χ2n) is 6.15. The maximum atomic E-state index is 12.2. The van der Waals surface area contributed by atoms with Gasteiger partial charge in [0.05, 0.1) is 11.8 Å². The van der Waals surface area contributed by atoms with Crippen LogP contribution < -0.4 is 15.4 Å². The highest BCUT2D eigenvalue weighted by molar-refractivity contribution is 5.90. The Bertz CT molecular complexity index is 485. The van der Waals surface area contributed by atoms with E-state index >= 15 is 0 Å². The highest BCUT2D eigenvalue weighted by Crippen LogP contribution is 2.29. The van der Waals surface area contributed by atoms with Crippen LogP contribution >= 0.6 is 0 Å². The van der Waals surface area contributed by atoms with Crippen LogP contribution in [0, 0.1) is 5.41 Å². The van der Waals surface area contributed by atoms with Crippen molar-refractivity contribution in [3.8, 4) is 5.75 Å². The lowest BCUT2D eigenvalue weighted by Gasteiger charge is -2.31. The molecule has 1 aromatic rings. The summed E-state index contributed by atoms with van der Waals surface area (Å²) in [5, 5.41) is 15.0. The average Bonchev–Trinajstić information content (AvgIpc) is 2.53. The topological polar surface area (TPSA) is 70.6 Å². The van der Waals surface area contributed by atoms with E-state index in [0.29, 0.717) is 24.4 Å². The number of carbonyl (C=O) groups is 1. The number of aliphatic hydroxyl groups is 1. The number of benzene rings is 1. The van der Waals surface area contributed by atoms with E-state index in [9.17, 15) is 9.90 Å². The van der Waals surface area contributed by atoms with Crippen molar-refractivity contribution >= 4 is 11.7 Å². The molecule has 0 saturated carbocycles. The van der Waals surface area contributed by atoms with Crippen molar-refractivity contribution in [3.63, 3.8) is 0 Å². The van der Waals surface area contributed by atoms with Crippen LogP contribution in [-0.2, 0) is 0 Å². The van der Waals surface area contributed by atoms with Crippen molar-refractivity contribution in [3.05, 3.63) is 24.3 Å². The number of amides is 2. The number of nitrogens with one attached hydrogen (secondary N) is 2. The van der Waals surface area contributed by atoms with E-state index < -0.39 is 0 Å². The Labute approximate surface area is 139 Å². The molecular formula is C18H30N2O3. The Morgan fingerprint density at radius 3 is 2.48 bits per heavy atom. The first kappa shape index (κ1) is 19.3. The van der Waals surface area contributed by atoms with Gasteiger partial charge in [-0.15, -0.1) is 0 Å². The van der Waals surface area contributed by atoms with E-state index in [1.54, 1.807) is 0 Å². The molecule has 0 bridgehead atoms. The lowest BCUT2D eigenvalue weighted by Crippen LogP contribution is -2.39. The van der Waals surface area contributed by atoms with Crippen molar-refractivity contribution in [2.75, 3.05) is 18.5 Å². The molecular weight excluding hydrogens is 292 g/mol. The third-order valence-corrected chi connectivity index (χ3v) is 4.26. The molecule has 5 nitrogen and oxygen atoms in total. The number of hydrogen-bond acceptors (Lipinski definition) is 3. The second kappa shape index (κ2) is 9.40. The summed E-state index contributed by atoms with van der Waals surface area (Å²) in [5.74, 6) is 0.658. The fraction of sp³-hybridized carbons (Fsp3) is 0.611. The van der Waals surface area contributed by atoms with Crippen molar-refractivity contribution in [2.24, 2.45) is 5.41 Å². The molecule has 0 spiro atoms. The van der Waals surface area contributed by atoms with Gasteiger partial charge in [-0.3, -0.25) is 0 Å². The normalized spacial score (nSPS) is 11.4. The van der Waals surface area contributed by atoms with Gasteiger partial charge < -0.3 is 20.5 Å². The van der Waals surface area contributed by atoms with Gasteiger partial charge >= 0.3 is 6.03 Å². The van der Waals surface area contributed by atoms with Crippen LogP contribution in [-0.4, -0.2) is 30.4 Å². The van der Waals surface area contributed by atoms with E-state index in [-0.39, 0.29) is 24.2 Å². The Balaban J connectivity index is 2.66. The highest BCUT2D eigenvalue weighted by atomic mass is 16.5. The maximum absolute atomic E-state index is 12.2. The number of urea groups is 1. The molecule has 0 aliphatic rings. The Kier molecular flexibility index (Phi) is 7.89. The summed E-state index contributed by atoms with van der Waals surface area (Å²) >= 11 is 0. The summed E-state index contributed by atoms with van der Waals surface area (Å²) in [6.45, 7) is 8.75. The van der Waals surface area contributed by atoms with Gasteiger partial charge in [0.2, 0.25) is 0 Å². The second-order valence-corrected chi connectivity index (χ2v) is 6.15. The van der Waals surface area contributed by atoms with Crippen LogP contribution in [0.5, 0.6) is 5.75 Å². The van der Waals surface area contributed by atoms with Crippen molar-refractivity contribution in [1.29, 1.82) is 0 Å². The van der Waals surface area contributed by atoms with E-state index in [1.165, 1.54) is 0 Å². The SMILES string of the molecule is CCC(CC)(CCO)CNC(=O)Nc1ccccc1OC(C)C. The zero-order valence-electron chi connectivity index (χ0n) is 14.7. The minimum absolute atomic E-state index is 0.0402. The molecule has 0 radical (unpaired) electrons. The van der Waals surface area contributed by atoms with E-state index in [2.05, 4.69) is 24.5 Å². The molecule has 3 N–H and O–H groups in total. The number of para-hydroxylation sites is 2. The zero-order chi connectivity index (χ0) is 17.3. The summed E-state index contributed by atoms with van der Waals surface area (Å²) < 4.78 is 5.70. The molecule has 2 amide bonds. The van der Waals surface area contributed by atoms with Crippen LogP contribution in [0.3, 0.4) is 0 Å². The third kappa shape index (κ3) is 6.10. The van der Waals surface area contributed by atoms with Gasteiger partial charge in [0.25, 0.3) is 0 Å². The molecule has 0 heterocycles. The lowest BCUT2D eigenvalue weighted by molar-refractivity contribution is 0.165. The van der Waals surface area contributed by atoms with Crippen LogP contribution in [0.1, 0.15) is 47.0 Å². The number of hydrogen-bond donors (Lipinski definition) is 3.